The summed E-state index contributed by atoms with van der Waals surface area (Å²) in [5.41, 5.74) is 5.96. The highest BCUT2D eigenvalue weighted by Gasteiger charge is 2.26. The second-order valence-electron chi connectivity index (χ2n) is 6.48. The number of para-hydroxylation sites is 1. The highest BCUT2D eigenvalue weighted by molar-refractivity contribution is 6.09. The molecular formula is C22H16N4O. The molecule has 1 aliphatic rings. The average Bonchev–Trinajstić information content (AvgIpc) is 3.28. The second-order valence-corrected chi connectivity index (χ2v) is 6.48. The fourth-order valence-electron chi connectivity index (χ4n) is 3.56. The Morgan fingerprint density at radius 2 is 1.44 bits per heavy atom. The lowest BCUT2D eigenvalue weighted by atomic mass is 9.93. The average molecular weight is 352 g/mol. The minimum atomic E-state index is -0.00717. The summed E-state index contributed by atoms with van der Waals surface area (Å²) in [7, 11) is 0. The number of hydrogen-bond acceptors (Lipinski definition) is 3. The molecule has 5 nitrogen and oxygen atoms in total. The van der Waals surface area contributed by atoms with Crippen LogP contribution in [0.4, 0.5) is 5.69 Å². The van der Waals surface area contributed by atoms with Gasteiger partial charge in [-0.15, -0.1) is 10.2 Å². The van der Waals surface area contributed by atoms with E-state index >= 15 is 0 Å². The highest BCUT2D eigenvalue weighted by Crippen LogP contribution is 2.39. The number of nitrogens with zero attached hydrogens (tertiary/aromatic N) is 4. The van der Waals surface area contributed by atoms with E-state index in [1.807, 2.05) is 59.5 Å². The maximum absolute atomic E-state index is 13.3. The molecule has 5 heteroatoms. The molecule has 0 saturated carbocycles. The molecule has 0 N–H and O–H groups in total. The smallest absolute Gasteiger partial charge is 0.258 e. The van der Waals surface area contributed by atoms with Gasteiger partial charge in [-0.25, -0.2) is 0 Å². The van der Waals surface area contributed by atoms with E-state index in [2.05, 4.69) is 28.4 Å². The maximum atomic E-state index is 13.3. The predicted molar refractivity (Wildman–Crippen MR) is 104 cm³/mol. The van der Waals surface area contributed by atoms with Crippen LogP contribution in [-0.2, 0) is 6.54 Å². The van der Waals surface area contributed by atoms with E-state index in [1.165, 1.54) is 5.56 Å². The quantitative estimate of drug-likeness (QED) is 0.546. The summed E-state index contributed by atoms with van der Waals surface area (Å²) < 4.78 is 1.81. The molecule has 1 aliphatic heterocycles. The van der Waals surface area contributed by atoms with Crippen LogP contribution in [0, 0.1) is 0 Å². The van der Waals surface area contributed by atoms with Gasteiger partial charge in [-0.05, 0) is 41.5 Å². The molecule has 0 aliphatic carbocycles. The summed E-state index contributed by atoms with van der Waals surface area (Å²) in [6, 6.07) is 23.8. The molecule has 130 valence electrons. The molecule has 27 heavy (non-hydrogen) atoms. The van der Waals surface area contributed by atoms with Gasteiger partial charge in [-0.2, -0.15) is 0 Å². The first-order valence-electron chi connectivity index (χ1n) is 8.75. The largest absolute Gasteiger partial charge is 0.303 e. The number of fused-ring (bicyclic) bond motifs is 3. The zero-order valence-electron chi connectivity index (χ0n) is 14.5. The number of amides is 1. The van der Waals surface area contributed by atoms with Crippen molar-refractivity contribution in [3.8, 4) is 16.8 Å². The topological polar surface area (TPSA) is 51.0 Å². The minimum Gasteiger partial charge on any atom is -0.303 e. The second kappa shape index (κ2) is 6.21. The van der Waals surface area contributed by atoms with Crippen LogP contribution < -0.4 is 4.90 Å². The Balaban J connectivity index is 1.52. The summed E-state index contributed by atoms with van der Waals surface area (Å²) in [5.74, 6) is -0.00717. The molecule has 0 radical (unpaired) electrons. The van der Waals surface area contributed by atoms with Gasteiger partial charge in [0, 0.05) is 16.8 Å². The Morgan fingerprint density at radius 1 is 0.778 bits per heavy atom. The van der Waals surface area contributed by atoms with Crippen LogP contribution in [0.15, 0.2) is 85.5 Å². The lowest BCUT2D eigenvalue weighted by Gasteiger charge is -2.31. The van der Waals surface area contributed by atoms with Gasteiger partial charge in [0.25, 0.3) is 5.91 Å². The third-order valence-corrected chi connectivity index (χ3v) is 4.91. The Morgan fingerprint density at radius 3 is 2.22 bits per heavy atom. The Kier molecular flexibility index (Phi) is 3.57. The van der Waals surface area contributed by atoms with Crippen molar-refractivity contribution in [2.75, 3.05) is 4.90 Å². The maximum Gasteiger partial charge on any atom is 0.258 e. The van der Waals surface area contributed by atoms with Crippen molar-refractivity contribution in [1.82, 2.24) is 14.8 Å². The van der Waals surface area contributed by atoms with Gasteiger partial charge in [0.2, 0.25) is 0 Å². The molecule has 0 unspecified atom stereocenters. The molecule has 4 aromatic rings. The van der Waals surface area contributed by atoms with Gasteiger partial charge < -0.3 is 4.90 Å². The van der Waals surface area contributed by atoms with Crippen molar-refractivity contribution in [3.63, 3.8) is 0 Å². The van der Waals surface area contributed by atoms with Gasteiger partial charge in [0.15, 0.2) is 0 Å². The van der Waals surface area contributed by atoms with Crippen molar-refractivity contribution >= 4 is 11.6 Å². The highest BCUT2D eigenvalue weighted by atomic mass is 16.2. The first-order valence-corrected chi connectivity index (χ1v) is 8.75. The third kappa shape index (κ3) is 2.60. The van der Waals surface area contributed by atoms with E-state index in [0.717, 1.165) is 22.5 Å². The number of carbonyl (C=O) groups is 1. The van der Waals surface area contributed by atoms with Crippen LogP contribution in [0.3, 0.4) is 0 Å². The fourth-order valence-corrected chi connectivity index (χ4v) is 3.56. The van der Waals surface area contributed by atoms with Crippen molar-refractivity contribution in [1.29, 1.82) is 0 Å². The predicted octanol–water partition coefficient (Wildman–Crippen LogP) is 4.09. The zero-order chi connectivity index (χ0) is 18.2. The normalized spacial score (nSPS) is 12.4. The Labute approximate surface area is 156 Å². The van der Waals surface area contributed by atoms with Gasteiger partial charge in [0.05, 0.1) is 12.2 Å². The number of rotatable bonds is 2. The van der Waals surface area contributed by atoms with Crippen LogP contribution in [0.2, 0.25) is 0 Å². The molecule has 0 spiro atoms. The fraction of sp³-hybridized carbons (Fsp3) is 0.0455. The van der Waals surface area contributed by atoms with E-state index in [9.17, 15) is 4.79 Å². The molecule has 0 saturated heterocycles. The van der Waals surface area contributed by atoms with E-state index in [1.54, 1.807) is 17.2 Å². The van der Waals surface area contributed by atoms with Crippen molar-refractivity contribution < 1.29 is 4.79 Å². The zero-order valence-corrected chi connectivity index (χ0v) is 14.5. The van der Waals surface area contributed by atoms with Crippen LogP contribution >= 0.6 is 0 Å². The molecule has 0 bridgehead atoms. The number of carbonyl (C=O) groups excluding carboxylic acids is 1. The third-order valence-electron chi connectivity index (χ3n) is 4.91. The van der Waals surface area contributed by atoms with Gasteiger partial charge in [-0.1, -0.05) is 42.5 Å². The van der Waals surface area contributed by atoms with Crippen LogP contribution in [-0.4, -0.2) is 20.7 Å². The lowest BCUT2D eigenvalue weighted by Crippen LogP contribution is -2.33. The summed E-state index contributed by atoms with van der Waals surface area (Å²) in [6.45, 7) is 0.569. The first kappa shape index (κ1) is 15.5. The van der Waals surface area contributed by atoms with Gasteiger partial charge in [0.1, 0.15) is 12.7 Å². The summed E-state index contributed by atoms with van der Waals surface area (Å²) >= 11 is 0. The van der Waals surface area contributed by atoms with E-state index < -0.39 is 0 Å². The van der Waals surface area contributed by atoms with E-state index in [-0.39, 0.29) is 5.91 Å². The number of aromatic nitrogens is 3. The summed E-state index contributed by atoms with van der Waals surface area (Å²) in [5, 5.41) is 7.63. The van der Waals surface area contributed by atoms with Gasteiger partial charge in [-0.3, -0.25) is 9.36 Å². The van der Waals surface area contributed by atoms with Gasteiger partial charge >= 0.3 is 0 Å². The molecule has 3 aromatic carbocycles. The number of hydrogen-bond donors (Lipinski definition) is 0. The van der Waals surface area contributed by atoms with E-state index in [4.69, 9.17) is 0 Å². The number of anilines is 1. The van der Waals surface area contributed by atoms with Crippen LogP contribution in [0.5, 0.6) is 0 Å². The molecular weight excluding hydrogens is 336 g/mol. The molecule has 2 heterocycles. The Hall–Kier alpha value is -3.73. The molecule has 1 amide bonds. The van der Waals surface area contributed by atoms with Crippen molar-refractivity contribution in [2.45, 2.75) is 6.54 Å². The van der Waals surface area contributed by atoms with Crippen molar-refractivity contribution in [3.05, 3.63) is 96.6 Å². The first-order chi connectivity index (χ1) is 13.3. The SMILES string of the molecule is O=C(c1ccc(-n2cnnc2)cc1)N1Cc2ccccc2-c2ccccc21. The molecule has 5 rings (SSSR count). The van der Waals surface area contributed by atoms with Crippen LogP contribution in [0.25, 0.3) is 16.8 Å². The van der Waals surface area contributed by atoms with Crippen LogP contribution in [0.1, 0.15) is 15.9 Å². The summed E-state index contributed by atoms with van der Waals surface area (Å²) in [6.07, 6.45) is 3.27. The lowest BCUT2D eigenvalue weighted by molar-refractivity contribution is 0.0985. The number of benzene rings is 3. The minimum absolute atomic E-state index is 0.00717. The molecule has 1 aromatic heterocycles. The monoisotopic (exact) mass is 352 g/mol. The molecule has 0 fully saturated rings. The van der Waals surface area contributed by atoms with E-state index in [0.29, 0.717) is 12.1 Å². The molecule has 0 atom stereocenters. The Bertz CT molecular complexity index is 1120. The van der Waals surface area contributed by atoms with Crippen molar-refractivity contribution in [2.24, 2.45) is 0 Å². The summed E-state index contributed by atoms with van der Waals surface area (Å²) in [4.78, 5) is 15.1. The standard InChI is InChI=1S/C22H16N4O/c27-22(16-9-11-18(12-10-16)25-14-23-24-15-25)26-13-17-5-1-2-6-19(17)20-7-3-4-8-21(20)26/h1-12,14-15H,13H2.